The summed E-state index contributed by atoms with van der Waals surface area (Å²) in [5.74, 6) is 1.49. The lowest BCUT2D eigenvalue weighted by molar-refractivity contribution is 0.0956. The van der Waals surface area contributed by atoms with Gasteiger partial charge in [0.25, 0.3) is 15.9 Å². The van der Waals surface area contributed by atoms with E-state index < -0.39 is 10.0 Å². The van der Waals surface area contributed by atoms with Gasteiger partial charge in [0.1, 0.15) is 0 Å². The van der Waals surface area contributed by atoms with Crippen molar-refractivity contribution in [1.82, 2.24) is 5.32 Å². The van der Waals surface area contributed by atoms with Crippen molar-refractivity contribution in [3.05, 3.63) is 78.4 Å². The minimum atomic E-state index is -3.82. The summed E-state index contributed by atoms with van der Waals surface area (Å²) in [6.45, 7) is 1.53. The summed E-state index contributed by atoms with van der Waals surface area (Å²) >= 11 is 1.67. The van der Waals surface area contributed by atoms with Gasteiger partial charge in [0.05, 0.1) is 18.1 Å². The smallest absolute Gasteiger partial charge is 0.262 e. The molecule has 9 heteroatoms. The van der Waals surface area contributed by atoms with Gasteiger partial charge in [-0.15, -0.1) is 11.8 Å². The van der Waals surface area contributed by atoms with E-state index in [4.69, 9.17) is 9.47 Å². The topological polar surface area (TPSA) is 93.7 Å². The Balaban J connectivity index is 1.33. The van der Waals surface area contributed by atoms with Crippen LogP contribution in [0, 0.1) is 0 Å². The first-order chi connectivity index (χ1) is 16.0. The van der Waals surface area contributed by atoms with E-state index >= 15 is 0 Å². The summed E-state index contributed by atoms with van der Waals surface area (Å²) in [4.78, 5) is 13.6. The fourth-order valence-corrected chi connectivity index (χ4v) is 5.03. The Labute approximate surface area is 197 Å². The van der Waals surface area contributed by atoms with E-state index in [0.29, 0.717) is 42.5 Å². The van der Waals surface area contributed by atoms with Gasteiger partial charge in [0.15, 0.2) is 11.5 Å². The van der Waals surface area contributed by atoms with Gasteiger partial charge in [-0.25, -0.2) is 8.42 Å². The van der Waals surface area contributed by atoms with Crippen molar-refractivity contribution in [2.75, 3.05) is 30.2 Å². The molecule has 1 aliphatic rings. The fraction of sp³-hybridized carbons (Fsp3) is 0.208. The van der Waals surface area contributed by atoms with E-state index in [0.717, 1.165) is 17.1 Å². The molecule has 3 aromatic rings. The molecule has 172 valence electrons. The number of thioether (sulfide) groups is 1. The molecule has 3 aromatic carbocycles. The summed E-state index contributed by atoms with van der Waals surface area (Å²) in [7, 11) is -3.82. The van der Waals surface area contributed by atoms with Gasteiger partial charge in [0.2, 0.25) is 0 Å². The molecule has 1 aliphatic heterocycles. The highest BCUT2D eigenvalue weighted by Gasteiger charge is 2.19. The summed E-state index contributed by atoms with van der Waals surface area (Å²) in [6.07, 6.45) is 0.737. The number of nitrogens with one attached hydrogen (secondary N) is 2. The van der Waals surface area contributed by atoms with E-state index in [9.17, 15) is 13.2 Å². The third kappa shape index (κ3) is 6.21. The van der Waals surface area contributed by atoms with E-state index in [-0.39, 0.29) is 10.8 Å². The molecule has 0 saturated heterocycles. The van der Waals surface area contributed by atoms with Crippen LogP contribution in [0.2, 0.25) is 0 Å². The maximum atomic E-state index is 12.8. The second kappa shape index (κ2) is 10.6. The zero-order chi connectivity index (χ0) is 23.1. The van der Waals surface area contributed by atoms with Gasteiger partial charge in [-0.05, 0) is 48.5 Å². The minimum absolute atomic E-state index is 0.0736. The summed E-state index contributed by atoms with van der Waals surface area (Å²) in [6, 6.07) is 20.8. The monoisotopic (exact) mass is 484 g/mol. The molecule has 0 aliphatic carbocycles. The number of sulfonamides is 1. The molecule has 1 heterocycles. The number of carbonyl (C=O) groups excluding carboxylic acids is 1. The molecule has 2 N–H and O–H groups in total. The number of anilines is 1. The van der Waals surface area contributed by atoms with Gasteiger partial charge in [-0.3, -0.25) is 9.52 Å². The fourth-order valence-electron chi connectivity index (χ4n) is 3.17. The van der Waals surface area contributed by atoms with Crippen LogP contribution < -0.4 is 19.5 Å². The molecule has 0 spiro atoms. The highest BCUT2D eigenvalue weighted by atomic mass is 32.2. The molecule has 0 saturated carbocycles. The van der Waals surface area contributed by atoms with Gasteiger partial charge < -0.3 is 14.8 Å². The lowest BCUT2D eigenvalue weighted by atomic mass is 10.2. The number of amides is 1. The largest absolute Gasteiger partial charge is 0.490 e. The number of benzene rings is 3. The average Bonchev–Trinajstić information content (AvgIpc) is 3.07. The van der Waals surface area contributed by atoms with Crippen molar-refractivity contribution >= 4 is 33.4 Å². The molecule has 0 bridgehead atoms. The predicted molar refractivity (Wildman–Crippen MR) is 129 cm³/mol. The normalized spacial score (nSPS) is 13.1. The Kier molecular flexibility index (Phi) is 7.41. The van der Waals surface area contributed by atoms with Crippen LogP contribution in [0.5, 0.6) is 11.5 Å². The molecule has 4 rings (SSSR count). The number of hydrogen-bond donors (Lipinski definition) is 2. The lowest BCUT2D eigenvalue weighted by Crippen LogP contribution is -2.25. The lowest BCUT2D eigenvalue weighted by Gasteiger charge is -2.12. The van der Waals surface area contributed by atoms with Crippen LogP contribution in [-0.2, 0) is 10.0 Å². The maximum Gasteiger partial charge on any atom is 0.262 e. The molecule has 0 fully saturated rings. The van der Waals surface area contributed by atoms with Crippen molar-refractivity contribution in [3.8, 4) is 11.5 Å². The van der Waals surface area contributed by atoms with Crippen molar-refractivity contribution in [1.29, 1.82) is 0 Å². The summed E-state index contributed by atoms with van der Waals surface area (Å²) in [5.41, 5.74) is 0.816. The van der Waals surface area contributed by atoms with Crippen LogP contribution in [-0.4, -0.2) is 39.8 Å². The van der Waals surface area contributed by atoms with Crippen LogP contribution in [0.3, 0.4) is 0 Å². The summed E-state index contributed by atoms with van der Waals surface area (Å²) < 4.78 is 39.3. The first kappa shape index (κ1) is 23.0. The van der Waals surface area contributed by atoms with Gasteiger partial charge in [0, 0.05) is 40.9 Å². The van der Waals surface area contributed by atoms with Gasteiger partial charge >= 0.3 is 0 Å². The average molecular weight is 485 g/mol. The van der Waals surface area contributed by atoms with E-state index in [2.05, 4.69) is 10.0 Å². The number of carbonyl (C=O) groups is 1. The van der Waals surface area contributed by atoms with Crippen molar-refractivity contribution in [3.63, 3.8) is 0 Å². The highest BCUT2D eigenvalue weighted by Crippen LogP contribution is 2.32. The highest BCUT2D eigenvalue weighted by molar-refractivity contribution is 7.99. The molecule has 0 unspecified atom stereocenters. The first-order valence-electron chi connectivity index (χ1n) is 10.5. The Morgan fingerprint density at radius 3 is 2.39 bits per heavy atom. The predicted octanol–water partition coefficient (Wildman–Crippen LogP) is 4.17. The third-order valence-corrected chi connectivity index (χ3v) is 7.22. The van der Waals surface area contributed by atoms with Crippen LogP contribution >= 0.6 is 11.8 Å². The molecular weight excluding hydrogens is 460 g/mol. The molecule has 0 atom stereocenters. The first-order valence-corrected chi connectivity index (χ1v) is 13.0. The molecule has 33 heavy (non-hydrogen) atoms. The van der Waals surface area contributed by atoms with E-state index in [1.165, 1.54) is 12.1 Å². The standard InChI is InChI=1S/C24H24N2O5S2/c27-24(25-13-16-32-20-5-2-1-3-6-20)18-7-9-19(10-8-18)26-33(28,29)21-11-12-22-23(17-21)31-15-4-14-30-22/h1-3,5-12,17,26H,4,13-16H2,(H,25,27). The number of ether oxygens (including phenoxy) is 2. The Hall–Kier alpha value is -3.17. The Bertz CT molecular complexity index is 1200. The van der Waals surface area contributed by atoms with E-state index in [1.54, 1.807) is 42.1 Å². The Morgan fingerprint density at radius 1 is 0.909 bits per heavy atom. The number of hydrogen-bond acceptors (Lipinski definition) is 6. The Morgan fingerprint density at radius 2 is 1.64 bits per heavy atom. The van der Waals surface area contributed by atoms with E-state index in [1.807, 2.05) is 30.3 Å². The molecule has 1 amide bonds. The zero-order valence-electron chi connectivity index (χ0n) is 17.8. The van der Waals surface area contributed by atoms with Crippen LogP contribution in [0.1, 0.15) is 16.8 Å². The SMILES string of the molecule is O=C(NCCSc1ccccc1)c1ccc(NS(=O)(=O)c2ccc3c(c2)OCCCO3)cc1. The molecule has 0 radical (unpaired) electrons. The third-order valence-electron chi connectivity index (χ3n) is 4.83. The zero-order valence-corrected chi connectivity index (χ0v) is 19.5. The van der Waals surface area contributed by atoms with Crippen LogP contribution in [0.4, 0.5) is 5.69 Å². The molecular formula is C24H24N2O5S2. The van der Waals surface area contributed by atoms with Crippen LogP contribution in [0.15, 0.2) is 82.6 Å². The maximum absolute atomic E-state index is 12.8. The minimum Gasteiger partial charge on any atom is -0.490 e. The van der Waals surface area contributed by atoms with Gasteiger partial charge in [-0.1, -0.05) is 18.2 Å². The second-order valence-corrected chi connectivity index (χ2v) is 10.1. The molecule has 7 nitrogen and oxygen atoms in total. The van der Waals surface area contributed by atoms with Crippen molar-refractivity contribution < 1.29 is 22.7 Å². The second-order valence-electron chi connectivity index (χ2n) is 7.26. The number of fused-ring (bicyclic) bond motifs is 1. The summed E-state index contributed by atoms with van der Waals surface area (Å²) in [5, 5.41) is 2.87. The van der Waals surface area contributed by atoms with Crippen molar-refractivity contribution in [2.45, 2.75) is 16.2 Å². The van der Waals surface area contributed by atoms with Crippen molar-refractivity contribution in [2.24, 2.45) is 0 Å². The van der Waals surface area contributed by atoms with Crippen LogP contribution in [0.25, 0.3) is 0 Å². The van der Waals surface area contributed by atoms with Gasteiger partial charge in [-0.2, -0.15) is 0 Å². The number of rotatable bonds is 8. The molecule has 0 aromatic heterocycles. The quantitative estimate of drug-likeness (QED) is 0.368.